The predicted octanol–water partition coefficient (Wildman–Crippen LogP) is 1.04. The molecule has 0 bridgehead atoms. The minimum Gasteiger partial charge on any atom is -0.353 e. The standard InChI is InChI=1S/C22H32N4O3/c1-5-15(2)23-19(27)13-26-12-18(21(29)25(3)4)22(14-26)11-10-16-8-6-7-9-17(16)20(28)24-22/h6-9,15,18H,5,10-14H2,1-4H3,(H,23,27)(H,24,28)/t15?,18-,22+/m1/s1. The molecule has 2 heterocycles. The minimum atomic E-state index is -0.673. The Kier molecular flexibility index (Phi) is 6.27. The van der Waals surface area contributed by atoms with Gasteiger partial charge >= 0.3 is 0 Å². The van der Waals surface area contributed by atoms with Crippen molar-refractivity contribution in [1.29, 1.82) is 0 Å². The molecule has 1 unspecified atom stereocenters. The van der Waals surface area contributed by atoms with Gasteiger partial charge in [0.25, 0.3) is 5.91 Å². The van der Waals surface area contributed by atoms with Crippen LogP contribution in [-0.2, 0) is 16.0 Å². The lowest BCUT2D eigenvalue weighted by Gasteiger charge is -2.35. The fourth-order valence-corrected chi connectivity index (χ4v) is 4.43. The first-order chi connectivity index (χ1) is 13.8. The Bertz CT molecular complexity index is 794. The van der Waals surface area contributed by atoms with Crippen LogP contribution in [0.15, 0.2) is 24.3 Å². The van der Waals surface area contributed by atoms with Crippen molar-refractivity contribution in [2.24, 2.45) is 5.92 Å². The highest BCUT2D eigenvalue weighted by Crippen LogP contribution is 2.36. The van der Waals surface area contributed by atoms with Gasteiger partial charge < -0.3 is 15.5 Å². The summed E-state index contributed by atoms with van der Waals surface area (Å²) in [5.41, 5.74) is 1.01. The van der Waals surface area contributed by atoms with E-state index in [0.29, 0.717) is 25.1 Å². The van der Waals surface area contributed by atoms with E-state index in [1.54, 1.807) is 19.0 Å². The fraction of sp³-hybridized carbons (Fsp3) is 0.591. The number of rotatable bonds is 5. The number of carbonyl (C=O) groups is 3. The summed E-state index contributed by atoms with van der Waals surface area (Å²) < 4.78 is 0. The molecule has 1 saturated heterocycles. The smallest absolute Gasteiger partial charge is 0.252 e. The molecule has 0 saturated carbocycles. The monoisotopic (exact) mass is 400 g/mol. The number of hydrogen-bond acceptors (Lipinski definition) is 4. The van der Waals surface area contributed by atoms with Gasteiger partial charge in [0.15, 0.2) is 0 Å². The normalized spacial score (nSPS) is 25.1. The second-order valence-electron chi connectivity index (χ2n) is 8.60. The van der Waals surface area contributed by atoms with Crippen molar-refractivity contribution in [3.63, 3.8) is 0 Å². The average Bonchev–Trinajstić information content (AvgIpc) is 2.95. The molecule has 2 aliphatic heterocycles. The zero-order valence-corrected chi connectivity index (χ0v) is 17.8. The van der Waals surface area contributed by atoms with Gasteiger partial charge in [0.05, 0.1) is 18.0 Å². The Morgan fingerprint density at radius 2 is 2.07 bits per heavy atom. The van der Waals surface area contributed by atoms with Gasteiger partial charge in [0.2, 0.25) is 11.8 Å². The van der Waals surface area contributed by atoms with Crippen LogP contribution in [0.5, 0.6) is 0 Å². The van der Waals surface area contributed by atoms with E-state index in [4.69, 9.17) is 0 Å². The maximum atomic E-state index is 13.0. The summed E-state index contributed by atoms with van der Waals surface area (Å²) in [6.07, 6.45) is 2.26. The van der Waals surface area contributed by atoms with Crippen molar-refractivity contribution in [3.05, 3.63) is 35.4 Å². The molecule has 7 heteroatoms. The summed E-state index contributed by atoms with van der Waals surface area (Å²) >= 11 is 0. The molecule has 7 nitrogen and oxygen atoms in total. The largest absolute Gasteiger partial charge is 0.353 e. The molecule has 1 aromatic carbocycles. The third-order valence-corrected chi connectivity index (χ3v) is 6.20. The average molecular weight is 401 g/mol. The zero-order valence-electron chi connectivity index (χ0n) is 17.8. The summed E-state index contributed by atoms with van der Waals surface area (Å²) in [7, 11) is 3.48. The van der Waals surface area contributed by atoms with Crippen LogP contribution in [0.1, 0.15) is 42.6 Å². The van der Waals surface area contributed by atoms with E-state index in [-0.39, 0.29) is 36.2 Å². The van der Waals surface area contributed by atoms with E-state index in [2.05, 4.69) is 10.6 Å². The van der Waals surface area contributed by atoms with Gasteiger partial charge in [-0.05, 0) is 37.8 Å². The lowest BCUT2D eigenvalue weighted by molar-refractivity contribution is -0.134. The van der Waals surface area contributed by atoms with Gasteiger partial charge in [-0.3, -0.25) is 19.3 Å². The molecule has 2 N–H and O–H groups in total. The molecule has 1 spiro atoms. The van der Waals surface area contributed by atoms with Crippen molar-refractivity contribution >= 4 is 17.7 Å². The summed E-state index contributed by atoms with van der Waals surface area (Å²) in [5.74, 6) is -0.579. The van der Waals surface area contributed by atoms with Gasteiger partial charge in [-0.1, -0.05) is 25.1 Å². The molecule has 3 atom stereocenters. The first-order valence-corrected chi connectivity index (χ1v) is 10.4. The van der Waals surface area contributed by atoms with Crippen LogP contribution in [-0.4, -0.2) is 72.8 Å². The number of benzene rings is 1. The van der Waals surface area contributed by atoms with Crippen LogP contribution in [0.3, 0.4) is 0 Å². The van der Waals surface area contributed by atoms with Crippen molar-refractivity contribution in [2.45, 2.75) is 44.7 Å². The maximum absolute atomic E-state index is 13.0. The zero-order chi connectivity index (χ0) is 21.2. The van der Waals surface area contributed by atoms with E-state index in [1.807, 2.05) is 43.0 Å². The van der Waals surface area contributed by atoms with E-state index in [1.165, 1.54) is 0 Å². The number of likely N-dealkylation sites (tertiary alicyclic amines) is 1. The number of carbonyl (C=O) groups excluding carboxylic acids is 3. The van der Waals surface area contributed by atoms with Gasteiger partial charge in [0.1, 0.15) is 0 Å². The first kappa shape index (κ1) is 21.3. The van der Waals surface area contributed by atoms with Crippen molar-refractivity contribution < 1.29 is 14.4 Å². The number of nitrogens with one attached hydrogen (secondary N) is 2. The van der Waals surface area contributed by atoms with Crippen LogP contribution in [0.4, 0.5) is 0 Å². The summed E-state index contributed by atoms with van der Waals surface area (Å²) in [6.45, 7) is 5.18. The van der Waals surface area contributed by atoms with Gasteiger partial charge in [0, 0.05) is 38.8 Å². The third kappa shape index (κ3) is 4.45. The first-order valence-electron chi connectivity index (χ1n) is 10.4. The topological polar surface area (TPSA) is 81.8 Å². The number of aryl methyl sites for hydroxylation is 1. The molecule has 0 aromatic heterocycles. The highest BCUT2D eigenvalue weighted by molar-refractivity contribution is 5.97. The number of hydrogen-bond donors (Lipinski definition) is 2. The molecular weight excluding hydrogens is 368 g/mol. The Balaban J connectivity index is 1.84. The van der Waals surface area contributed by atoms with Crippen LogP contribution in [0, 0.1) is 5.92 Å². The molecule has 0 aliphatic carbocycles. The molecule has 3 amide bonds. The lowest BCUT2D eigenvalue weighted by atomic mass is 9.81. The maximum Gasteiger partial charge on any atom is 0.252 e. The van der Waals surface area contributed by atoms with Crippen LogP contribution in [0.25, 0.3) is 0 Å². The van der Waals surface area contributed by atoms with Gasteiger partial charge in [-0.25, -0.2) is 0 Å². The van der Waals surface area contributed by atoms with E-state index in [9.17, 15) is 14.4 Å². The van der Waals surface area contributed by atoms with Crippen molar-refractivity contribution in [3.8, 4) is 0 Å². The Labute approximate surface area is 172 Å². The molecule has 29 heavy (non-hydrogen) atoms. The highest BCUT2D eigenvalue weighted by atomic mass is 16.2. The second-order valence-corrected chi connectivity index (χ2v) is 8.60. The van der Waals surface area contributed by atoms with Crippen molar-refractivity contribution in [2.75, 3.05) is 33.7 Å². The third-order valence-electron chi connectivity index (χ3n) is 6.20. The summed E-state index contributed by atoms with van der Waals surface area (Å²) in [4.78, 5) is 42.0. The molecule has 3 rings (SSSR count). The fourth-order valence-electron chi connectivity index (χ4n) is 4.43. The quantitative estimate of drug-likeness (QED) is 0.774. The van der Waals surface area contributed by atoms with Gasteiger partial charge in [-0.2, -0.15) is 0 Å². The molecule has 158 valence electrons. The Morgan fingerprint density at radius 3 is 2.76 bits per heavy atom. The number of amides is 3. The Hall–Kier alpha value is -2.41. The van der Waals surface area contributed by atoms with Crippen LogP contribution in [0.2, 0.25) is 0 Å². The molecule has 1 aromatic rings. The Morgan fingerprint density at radius 1 is 1.34 bits per heavy atom. The SMILES string of the molecule is CCC(C)NC(=O)CN1C[C@H](C(=O)N(C)C)[C@]2(CCc3ccccc3C(=O)N2)C1. The number of nitrogens with zero attached hydrogens (tertiary/aromatic N) is 2. The molecule has 1 fully saturated rings. The van der Waals surface area contributed by atoms with E-state index < -0.39 is 5.54 Å². The molecular formula is C22H32N4O3. The van der Waals surface area contributed by atoms with Gasteiger partial charge in [-0.15, -0.1) is 0 Å². The van der Waals surface area contributed by atoms with Crippen LogP contribution < -0.4 is 10.6 Å². The molecule has 2 aliphatic rings. The summed E-state index contributed by atoms with van der Waals surface area (Å²) in [6, 6.07) is 7.72. The molecule has 0 radical (unpaired) electrons. The van der Waals surface area contributed by atoms with Crippen LogP contribution >= 0.6 is 0 Å². The predicted molar refractivity (Wildman–Crippen MR) is 111 cm³/mol. The highest BCUT2D eigenvalue weighted by Gasteiger charge is 2.52. The van der Waals surface area contributed by atoms with E-state index in [0.717, 1.165) is 18.4 Å². The number of fused-ring (bicyclic) bond motifs is 1. The minimum absolute atomic E-state index is 0.0129. The second kappa shape index (κ2) is 8.53. The lowest BCUT2D eigenvalue weighted by Crippen LogP contribution is -2.57. The summed E-state index contributed by atoms with van der Waals surface area (Å²) in [5, 5.41) is 6.18. The van der Waals surface area contributed by atoms with Crippen molar-refractivity contribution in [1.82, 2.24) is 20.4 Å². The van der Waals surface area contributed by atoms with E-state index >= 15 is 0 Å².